The maximum absolute atomic E-state index is 12.2. The number of likely N-dealkylation sites (tertiary alicyclic amines) is 1. The van der Waals surface area contributed by atoms with Gasteiger partial charge in [-0.15, -0.1) is 6.42 Å². The smallest absolute Gasteiger partial charge is 0.318 e. The minimum Gasteiger partial charge on any atom is -0.481 e. The number of piperidine rings is 1. The lowest BCUT2D eigenvalue weighted by Gasteiger charge is -2.32. The monoisotopic (exact) mass is 280 g/mol. The Labute approximate surface area is 118 Å². The summed E-state index contributed by atoms with van der Waals surface area (Å²) in [5, 5.41) is 11.8. The number of amides is 2. The van der Waals surface area contributed by atoms with Crippen LogP contribution in [0.2, 0.25) is 0 Å². The van der Waals surface area contributed by atoms with Crippen LogP contribution in [0.1, 0.15) is 25.7 Å². The highest BCUT2D eigenvalue weighted by molar-refractivity contribution is 5.77. The van der Waals surface area contributed by atoms with Crippen molar-refractivity contribution in [1.29, 1.82) is 0 Å². The van der Waals surface area contributed by atoms with Gasteiger partial charge in [-0.3, -0.25) is 4.79 Å². The van der Waals surface area contributed by atoms with E-state index in [4.69, 9.17) is 16.3 Å². The van der Waals surface area contributed by atoms with Gasteiger partial charge in [-0.1, -0.05) is 5.92 Å². The third-order valence-electron chi connectivity index (χ3n) is 3.85. The second kappa shape index (κ2) is 6.62. The van der Waals surface area contributed by atoms with Gasteiger partial charge in [0, 0.05) is 19.7 Å². The van der Waals surface area contributed by atoms with Gasteiger partial charge >= 0.3 is 12.0 Å². The van der Waals surface area contributed by atoms with Crippen LogP contribution in [0, 0.1) is 18.3 Å². The third-order valence-corrected chi connectivity index (χ3v) is 3.85. The summed E-state index contributed by atoms with van der Waals surface area (Å²) in [6.07, 6.45) is 8.42. The van der Waals surface area contributed by atoms with E-state index in [9.17, 15) is 9.59 Å². The van der Waals surface area contributed by atoms with Gasteiger partial charge in [0.2, 0.25) is 0 Å². The topological polar surface area (TPSA) is 78.9 Å². The zero-order valence-electron chi connectivity index (χ0n) is 11.4. The van der Waals surface area contributed by atoms with Crippen LogP contribution < -0.4 is 5.32 Å². The molecule has 2 saturated heterocycles. The Bertz CT molecular complexity index is 412. The minimum atomic E-state index is -0.852. The number of rotatable bonds is 3. The molecule has 0 spiro atoms. The number of terminal acetylenes is 1. The summed E-state index contributed by atoms with van der Waals surface area (Å²) in [5.74, 6) is 1.21. The zero-order valence-corrected chi connectivity index (χ0v) is 11.4. The number of carbonyl (C=O) groups is 2. The molecule has 0 radical (unpaired) electrons. The average molecular weight is 280 g/mol. The molecule has 3 atom stereocenters. The summed E-state index contributed by atoms with van der Waals surface area (Å²) in [6.45, 7) is 1.48. The molecule has 2 N–H and O–H groups in total. The van der Waals surface area contributed by atoms with Crippen LogP contribution in [0.4, 0.5) is 4.79 Å². The Morgan fingerprint density at radius 1 is 1.40 bits per heavy atom. The highest BCUT2D eigenvalue weighted by atomic mass is 16.5. The van der Waals surface area contributed by atoms with Gasteiger partial charge in [0.05, 0.1) is 12.0 Å². The van der Waals surface area contributed by atoms with E-state index in [-0.39, 0.29) is 18.7 Å². The Morgan fingerprint density at radius 2 is 2.20 bits per heavy atom. The van der Waals surface area contributed by atoms with E-state index in [0.717, 1.165) is 12.8 Å². The fraction of sp³-hybridized carbons (Fsp3) is 0.714. The van der Waals surface area contributed by atoms with Crippen molar-refractivity contribution in [2.45, 2.75) is 37.8 Å². The van der Waals surface area contributed by atoms with E-state index in [1.807, 2.05) is 0 Å². The van der Waals surface area contributed by atoms with Crippen LogP contribution in [-0.4, -0.2) is 53.8 Å². The fourth-order valence-electron chi connectivity index (χ4n) is 2.69. The van der Waals surface area contributed by atoms with E-state index in [2.05, 4.69) is 11.2 Å². The van der Waals surface area contributed by atoms with Gasteiger partial charge in [-0.05, 0) is 25.7 Å². The number of carboxylic acid groups (broad SMARTS) is 1. The van der Waals surface area contributed by atoms with E-state index >= 15 is 0 Å². The number of hydrogen-bond acceptors (Lipinski definition) is 3. The van der Waals surface area contributed by atoms with Crippen molar-refractivity contribution in [3.63, 3.8) is 0 Å². The van der Waals surface area contributed by atoms with Crippen LogP contribution >= 0.6 is 0 Å². The summed E-state index contributed by atoms with van der Waals surface area (Å²) in [6, 6.07) is -0.746. The number of aliphatic carboxylic acids is 1. The SMILES string of the molecule is C#CC(NC(=O)N1CCCC(C(=O)O)C1)C1CCCO1. The second-order valence-corrected chi connectivity index (χ2v) is 5.27. The van der Waals surface area contributed by atoms with E-state index in [1.54, 1.807) is 0 Å². The van der Waals surface area contributed by atoms with E-state index in [1.165, 1.54) is 4.90 Å². The molecule has 0 aromatic heterocycles. The predicted molar refractivity (Wildman–Crippen MR) is 72.1 cm³/mol. The van der Waals surface area contributed by atoms with Gasteiger partial charge in [0.1, 0.15) is 6.04 Å². The molecule has 0 saturated carbocycles. The number of carboxylic acids is 1. The molecule has 2 amide bonds. The van der Waals surface area contributed by atoms with Crippen LogP contribution in [0.25, 0.3) is 0 Å². The Balaban J connectivity index is 1.90. The lowest BCUT2D eigenvalue weighted by Crippen LogP contribution is -2.52. The van der Waals surface area contributed by atoms with Crippen molar-refractivity contribution in [2.75, 3.05) is 19.7 Å². The highest BCUT2D eigenvalue weighted by Crippen LogP contribution is 2.18. The van der Waals surface area contributed by atoms with Crippen molar-refractivity contribution < 1.29 is 19.4 Å². The van der Waals surface area contributed by atoms with Crippen molar-refractivity contribution in [3.8, 4) is 12.3 Å². The molecule has 3 unspecified atom stereocenters. The minimum absolute atomic E-state index is 0.135. The first-order chi connectivity index (χ1) is 9.61. The second-order valence-electron chi connectivity index (χ2n) is 5.27. The molecule has 2 fully saturated rings. The summed E-state index contributed by atoms with van der Waals surface area (Å²) in [4.78, 5) is 24.7. The maximum atomic E-state index is 12.2. The van der Waals surface area contributed by atoms with Crippen LogP contribution in [0.5, 0.6) is 0 Å². The normalized spacial score (nSPS) is 27.6. The van der Waals surface area contributed by atoms with Gasteiger partial charge in [0.25, 0.3) is 0 Å². The van der Waals surface area contributed by atoms with Crippen LogP contribution in [-0.2, 0) is 9.53 Å². The fourth-order valence-corrected chi connectivity index (χ4v) is 2.69. The molecule has 20 heavy (non-hydrogen) atoms. The van der Waals surface area contributed by atoms with Gasteiger partial charge in [-0.25, -0.2) is 4.79 Å². The Morgan fingerprint density at radius 3 is 2.80 bits per heavy atom. The first-order valence-corrected chi connectivity index (χ1v) is 6.98. The molecule has 0 aliphatic carbocycles. The summed E-state index contributed by atoms with van der Waals surface area (Å²) >= 11 is 0. The molecule has 0 aromatic carbocycles. The standard InChI is InChI=1S/C14H20N2O4/c1-2-11(12-6-4-8-20-12)15-14(19)16-7-3-5-10(9-16)13(17)18/h1,10-12H,3-9H2,(H,15,19)(H,17,18). The van der Waals surface area contributed by atoms with Crippen LogP contribution in [0.3, 0.4) is 0 Å². The largest absolute Gasteiger partial charge is 0.481 e. The van der Waals surface area contributed by atoms with Gasteiger partial charge in [0.15, 0.2) is 0 Å². The molecule has 2 aliphatic rings. The Hall–Kier alpha value is -1.74. The molecular formula is C14H20N2O4. The molecule has 110 valence electrons. The Kier molecular flexibility index (Phi) is 4.85. The number of nitrogens with one attached hydrogen (secondary N) is 1. The summed E-state index contributed by atoms with van der Waals surface area (Å²) in [7, 11) is 0. The molecule has 0 bridgehead atoms. The molecule has 2 aliphatic heterocycles. The number of urea groups is 1. The van der Waals surface area contributed by atoms with Crippen molar-refractivity contribution in [3.05, 3.63) is 0 Å². The summed E-state index contributed by atoms with van der Waals surface area (Å²) in [5.41, 5.74) is 0. The van der Waals surface area contributed by atoms with Gasteiger partial charge < -0.3 is 20.1 Å². The quantitative estimate of drug-likeness (QED) is 0.745. The zero-order chi connectivity index (χ0) is 14.5. The third kappa shape index (κ3) is 3.42. The first kappa shape index (κ1) is 14.7. The molecule has 6 heteroatoms. The van der Waals surface area contributed by atoms with Crippen molar-refractivity contribution >= 4 is 12.0 Å². The lowest BCUT2D eigenvalue weighted by molar-refractivity contribution is -0.143. The molecule has 2 heterocycles. The number of nitrogens with zero attached hydrogens (tertiary/aromatic N) is 1. The highest BCUT2D eigenvalue weighted by Gasteiger charge is 2.31. The molecule has 0 aromatic rings. The van der Waals surface area contributed by atoms with E-state index < -0.39 is 17.9 Å². The number of hydrogen-bond donors (Lipinski definition) is 2. The van der Waals surface area contributed by atoms with E-state index in [0.29, 0.717) is 26.0 Å². The average Bonchev–Trinajstić information content (AvgIpc) is 2.98. The van der Waals surface area contributed by atoms with Crippen molar-refractivity contribution in [2.24, 2.45) is 5.92 Å². The number of ether oxygens (including phenoxy) is 1. The molecule has 6 nitrogen and oxygen atoms in total. The summed E-state index contributed by atoms with van der Waals surface area (Å²) < 4.78 is 5.48. The molecule has 2 rings (SSSR count). The van der Waals surface area contributed by atoms with Gasteiger partial charge in [-0.2, -0.15) is 0 Å². The predicted octanol–water partition coefficient (Wildman–Crippen LogP) is 0.673. The number of carbonyl (C=O) groups excluding carboxylic acids is 1. The van der Waals surface area contributed by atoms with Crippen molar-refractivity contribution in [1.82, 2.24) is 10.2 Å². The first-order valence-electron chi connectivity index (χ1n) is 6.98. The lowest BCUT2D eigenvalue weighted by atomic mass is 9.98. The van der Waals surface area contributed by atoms with Crippen LogP contribution in [0.15, 0.2) is 0 Å². The maximum Gasteiger partial charge on any atom is 0.318 e. The molecular weight excluding hydrogens is 260 g/mol.